The molecular weight excluding hydrogens is 228 g/mol. The number of nitrogens with one attached hydrogen (secondary N) is 1. The third-order valence-electron chi connectivity index (χ3n) is 1.79. The van der Waals surface area contributed by atoms with Gasteiger partial charge in [-0.05, 0) is 26.0 Å². The van der Waals surface area contributed by atoms with Crippen molar-refractivity contribution in [1.29, 1.82) is 0 Å². The molecule has 5 heteroatoms. The van der Waals surface area contributed by atoms with Crippen molar-refractivity contribution in [1.82, 2.24) is 10.3 Å². The Morgan fingerprint density at radius 1 is 1.56 bits per heavy atom. The van der Waals surface area contributed by atoms with Gasteiger partial charge in [0.05, 0.1) is 12.7 Å². The number of carbonyl (C=O) groups is 1. The van der Waals surface area contributed by atoms with E-state index >= 15 is 0 Å². The minimum Gasteiger partial charge on any atom is -0.377 e. The Morgan fingerprint density at radius 3 is 2.94 bits per heavy atom. The monoisotopic (exact) mass is 242 g/mol. The average molecular weight is 243 g/mol. The predicted octanol–water partition coefficient (Wildman–Crippen LogP) is 1.89. The van der Waals surface area contributed by atoms with Crippen LogP contribution < -0.4 is 5.32 Å². The fraction of sp³-hybridized carbons (Fsp3) is 0.455. The molecule has 0 fully saturated rings. The second kappa shape index (κ2) is 6.45. The summed E-state index contributed by atoms with van der Waals surface area (Å²) in [7, 11) is 0. The highest BCUT2D eigenvalue weighted by atomic mass is 35.5. The van der Waals surface area contributed by atoms with E-state index < -0.39 is 0 Å². The minimum absolute atomic E-state index is 0.168. The van der Waals surface area contributed by atoms with Crippen LogP contribution in [-0.4, -0.2) is 30.1 Å². The largest absolute Gasteiger partial charge is 0.377 e. The van der Waals surface area contributed by atoms with Crippen LogP contribution in [0.3, 0.4) is 0 Å². The van der Waals surface area contributed by atoms with Crippen molar-refractivity contribution in [2.45, 2.75) is 20.0 Å². The number of hydrogen-bond acceptors (Lipinski definition) is 3. The molecule has 0 aromatic carbocycles. The zero-order chi connectivity index (χ0) is 12.0. The van der Waals surface area contributed by atoms with E-state index in [9.17, 15) is 4.79 Å². The van der Waals surface area contributed by atoms with Gasteiger partial charge in [0, 0.05) is 6.54 Å². The maximum absolute atomic E-state index is 11.6. The van der Waals surface area contributed by atoms with Crippen molar-refractivity contribution < 1.29 is 9.53 Å². The zero-order valence-electron chi connectivity index (χ0n) is 9.37. The molecule has 1 rings (SSSR count). The van der Waals surface area contributed by atoms with Crippen LogP contribution in [0.1, 0.15) is 24.3 Å². The molecule has 4 nitrogen and oxygen atoms in total. The summed E-state index contributed by atoms with van der Waals surface area (Å²) < 4.78 is 5.29. The lowest BCUT2D eigenvalue weighted by molar-refractivity contribution is 0.0745. The van der Waals surface area contributed by atoms with Crippen molar-refractivity contribution in [2.24, 2.45) is 0 Å². The van der Waals surface area contributed by atoms with Crippen LogP contribution >= 0.6 is 11.6 Å². The first-order valence-electron chi connectivity index (χ1n) is 5.12. The van der Waals surface area contributed by atoms with E-state index in [0.717, 1.165) is 0 Å². The Balaban J connectivity index is 2.35. The highest BCUT2D eigenvalue weighted by Crippen LogP contribution is 2.04. The summed E-state index contributed by atoms with van der Waals surface area (Å²) >= 11 is 5.68. The number of carbonyl (C=O) groups excluding carboxylic acids is 1. The van der Waals surface area contributed by atoms with E-state index in [1.165, 1.54) is 0 Å². The van der Waals surface area contributed by atoms with Crippen LogP contribution in [0.2, 0.25) is 5.15 Å². The van der Waals surface area contributed by atoms with E-state index in [4.69, 9.17) is 16.3 Å². The molecule has 0 aliphatic heterocycles. The molecule has 0 aliphatic carbocycles. The summed E-state index contributed by atoms with van der Waals surface area (Å²) in [4.78, 5) is 15.5. The van der Waals surface area contributed by atoms with Crippen molar-refractivity contribution >= 4 is 17.5 Å². The first-order valence-corrected chi connectivity index (χ1v) is 5.49. The lowest BCUT2D eigenvalue weighted by Gasteiger charge is -2.08. The van der Waals surface area contributed by atoms with Gasteiger partial charge in [-0.15, -0.1) is 0 Å². The Kier molecular flexibility index (Phi) is 5.22. The fourth-order valence-corrected chi connectivity index (χ4v) is 1.25. The lowest BCUT2D eigenvalue weighted by Crippen LogP contribution is -2.28. The average Bonchev–Trinajstić information content (AvgIpc) is 2.24. The van der Waals surface area contributed by atoms with E-state index in [0.29, 0.717) is 24.0 Å². The number of ether oxygens (including phenoxy) is 1. The summed E-state index contributed by atoms with van der Waals surface area (Å²) in [5, 5.41) is 3.01. The third-order valence-corrected chi connectivity index (χ3v) is 2.00. The van der Waals surface area contributed by atoms with Crippen LogP contribution in [0.4, 0.5) is 0 Å². The second-order valence-corrected chi connectivity index (χ2v) is 3.91. The van der Waals surface area contributed by atoms with E-state index in [2.05, 4.69) is 10.3 Å². The molecule has 88 valence electrons. The summed E-state index contributed by atoms with van der Waals surface area (Å²) in [6, 6.07) is 4.93. The Morgan fingerprint density at radius 2 is 2.31 bits per heavy atom. The van der Waals surface area contributed by atoms with Crippen LogP contribution in [0.15, 0.2) is 18.2 Å². The molecule has 1 N–H and O–H groups in total. The van der Waals surface area contributed by atoms with E-state index in [1.807, 2.05) is 13.8 Å². The second-order valence-electron chi connectivity index (χ2n) is 3.52. The Labute approximate surface area is 100.0 Å². The lowest BCUT2D eigenvalue weighted by atomic mass is 10.3. The van der Waals surface area contributed by atoms with Gasteiger partial charge in [0.25, 0.3) is 5.91 Å². The van der Waals surface area contributed by atoms with Gasteiger partial charge in [-0.3, -0.25) is 4.79 Å². The maximum atomic E-state index is 11.6. The first kappa shape index (κ1) is 12.9. The third kappa shape index (κ3) is 4.59. The smallest absolute Gasteiger partial charge is 0.270 e. The van der Waals surface area contributed by atoms with Crippen LogP contribution in [0.5, 0.6) is 0 Å². The van der Waals surface area contributed by atoms with Gasteiger partial charge >= 0.3 is 0 Å². The van der Waals surface area contributed by atoms with Gasteiger partial charge in [-0.1, -0.05) is 17.7 Å². The molecule has 1 aromatic rings. The molecule has 1 aromatic heterocycles. The van der Waals surface area contributed by atoms with Gasteiger partial charge in [0.15, 0.2) is 0 Å². The molecule has 0 atom stereocenters. The van der Waals surface area contributed by atoms with Gasteiger partial charge in [-0.2, -0.15) is 0 Å². The molecule has 16 heavy (non-hydrogen) atoms. The number of aromatic nitrogens is 1. The van der Waals surface area contributed by atoms with E-state index in [1.54, 1.807) is 18.2 Å². The van der Waals surface area contributed by atoms with Gasteiger partial charge < -0.3 is 10.1 Å². The number of rotatable bonds is 5. The van der Waals surface area contributed by atoms with E-state index in [-0.39, 0.29) is 12.0 Å². The van der Waals surface area contributed by atoms with Crippen molar-refractivity contribution in [3.63, 3.8) is 0 Å². The van der Waals surface area contributed by atoms with Crippen molar-refractivity contribution in [3.05, 3.63) is 29.0 Å². The molecule has 1 amide bonds. The van der Waals surface area contributed by atoms with Crippen LogP contribution in [0, 0.1) is 0 Å². The summed E-state index contributed by atoms with van der Waals surface area (Å²) in [6.45, 7) is 4.84. The standard InChI is InChI=1S/C11H15ClN2O2/c1-8(2)16-7-6-13-11(15)9-4-3-5-10(12)14-9/h3-5,8H,6-7H2,1-2H3,(H,13,15). The summed E-state index contributed by atoms with van der Waals surface area (Å²) in [5.74, 6) is -0.241. The fourth-order valence-electron chi connectivity index (χ4n) is 1.08. The number of pyridine rings is 1. The molecule has 1 heterocycles. The van der Waals surface area contributed by atoms with Gasteiger partial charge in [0.2, 0.25) is 0 Å². The Bertz CT molecular complexity index is 356. The predicted molar refractivity (Wildman–Crippen MR) is 62.7 cm³/mol. The molecule has 0 saturated heterocycles. The molecule has 0 saturated carbocycles. The molecular formula is C11H15ClN2O2. The number of hydrogen-bond donors (Lipinski definition) is 1. The molecule has 0 aliphatic rings. The molecule has 0 spiro atoms. The summed E-state index contributed by atoms with van der Waals surface area (Å²) in [6.07, 6.45) is 0.168. The van der Waals surface area contributed by atoms with Gasteiger partial charge in [0.1, 0.15) is 10.8 Å². The summed E-state index contributed by atoms with van der Waals surface area (Å²) in [5.41, 5.74) is 0.317. The normalized spacial score (nSPS) is 10.5. The first-order chi connectivity index (χ1) is 7.59. The molecule has 0 bridgehead atoms. The SMILES string of the molecule is CC(C)OCCNC(=O)c1cccc(Cl)n1. The Hall–Kier alpha value is -1.13. The van der Waals surface area contributed by atoms with Crippen LogP contribution in [-0.2, 0) is 4.74 Å². The van der Waals surface area contributed by atoms with Crippen molar-refractivity contribution in [2.75, 3.05) is 13.2 Å². The van der Waals surface area contributed by atoms with Crippen LogP contribution in [0.25, 0.3) is 0 Å². The maximum Gasteiger partial charge on any atom is 0.270 e. The molecule has 0 radical (unpaired) electrons. The highest BCUT2D eigenvalue weighted by molar-refractivity contribution is 6.29. The highest BCUT2D eigenvalue weighted by Gasteiger charge is 2.06. The number of nitrogens with zero attached hydrogens (tertiary/aromatic N) is 1. The van der Waals surface area contributed by atoms with Crippen molar-refractivity contribution in [3.8, 4) is 0 Å². The van der Waals surface area contributed by atoms with Gasteiger partial charge in [-0.25, -0.2) is 4.98 Å². The number of amides is 1. The molecule has 0 unspecified atom stereocenters. The zero-order valence-corrected chi connectivity index (χ0v) is 10.1. The minimum atomic E-state index is -0.241. The number of halogens is 1. The quantitative estimate of drug-likeness (QED) is 0.634. The topological polar surface area (TPSA) is 51.2 Å².